The van der Waals surface area contributed by atoms with Gasteiger partial charge in [0.15, 0.2) is 0 Å². The molecule has 0 unspecified atom stereocenters. The number of benzene rings is 2. The SMILES string of the molecule is Cc1cc(C(C)(C)C)c(/C(=N/N=O)c2ccccc2)c(C)c1C. The molecule has 3 nitrogen and oxygen atoms in total. The first-order valence-electron chi connectivity index (χ1n) is 7.84. The van der Waals surface area contributed by atoms with E-state index in [4.69, 9.17) is 0 Å². The van der Waals surface area contributed by atoms with E-state index in [2.05, 4.69) is 58.0 Å². The topological polar surface area (TPSA) is 41.8 Å². The van der Waals surface area contributed by atoms with Crippen LogP contribution in [0.5, 0.6) is 0 Å². The molecule has 0 atom stereocenters. The van der Waals surface area contributed by atoms with Crippen molar-refractivity contribution < 1.29 is 0 Å². The quantitative estimate of drug-likeness (QED) is 0.423. The molecule has 0 aliphatic rings. The third kappa shape index (κ3) is 3.39. The van der Waals surface area contributed by atoms with Gasteiger partial charge in [-0.25, -0.2) is 0 Å². The highest BCUT2D eigenvalue weighted by Gasteiger charge is 2.25. The number of nitrogens with zero attached hydrogens (tertiary/aromatic N) is 2. The Hall–Kier alpha value is -2.29. The second kappa shape index (κ2) is 6.45. The van der Waals surface area contributed by atoms with Gasteiger partial charge in [0, 0.05) is 11.1 Å². The lowest BCUT2D eigenvalue weighted by Crippen LogP contribution is -2.20. The van der Waals surface area contributed by atoms with Gasteiger partial charge < -0.3 is 0 Å². The normalized spacial score (nSPS) is 12.3. The molecule has 0 aliphatic carbocycles. The van der Waals surface area contributed by atoms with Gasteiger partial charge in [-0.1, -0.05) is 57.2 Å². The first kappa shape index (κ1) is 17.1. The summed E-state index contributed by atoms with van der Waals surface area (Å²) in [4.78, 5) is 10.9. The fourth-order valence-corrected chi connectivity index (χ4v) is 2.87. The minimum atomic E-state index is -0.0585. The second-order valence-electron chi connectivity index (χ2n) is 7.01. The van der Waals surface area contributed by atoms with Gasteiger partial charge in [-0.2, -0.15) is 0 Å². The van der Waals surface area contributed by atoms with E-state index < -0.39 is 0 Å². The molecule has 0 bridgehead atoms. The molecular weight excluding hydrogens is 284 g/mol. The van der Waals surface area contributed by atoms with E-state index in [0.717, 1.165) is 16.7 Å². The first-order valence-corrected chi connectivity index (χ1v) is 7.84. The molecule has 0 saturated heterocycles. The fourth-order valence-electron chi connectivity index (χ4n) is 2.87. The Kier molecular flexibility index (Phi) is 4.79. The van der Waals surface area contributed by atoms with Crippen molar-refractivity contribution in [3.05, 3.63) is 74.7 Å². The van der Waals surface area contributed by atoms with Crippen LogP contribution in [-0.2, 0) is 5.41 Å². The highest BCUT2D eigenvalue weighted by Crippen LogP contribution is 2.33. The van der Waals surface area contributed by atoms with E-state index in [-0.39, 0.29) is 5.41 Å². The van der Waals surface area contributed by atoms with E-state index in [1.807, 2.05) is 30.3 Å². The number of rotatable bonds is 3. The summed E-state index contributed by atoms with van der Waals surface area (Å²) in [6.45, 7) is 12.9. The predicted molar refractivity (Wildman–Crippen MR) is 97.2 cm³/mol. The summed E-state index contributed by atoms with van der Waals surface area (Å²) < 4.78 is 0. The summed E-state index contributed by atoms with van der Waals surface area (Å²) in [5, 5.41) is 6.80. The second-order valence-corrected chi connectivity index (χ2v) is 7.01. The summed E-state index contributed by atoms with van der Waals surface area (Å²) in [5.41, 5.74) is 7.33. The molecule has 3 heteroatoms. The molecule has 0 aliphatic heterocycles. The van der Waals surface area contributed by atoms with Crippen molar-refractivity contribution in [3.8, 4) is 0 Å². The molecule has 2 aromatic rings. The zero-order chi connectivity index (χ0) is 17.2. The Morgan fingerprint density at radius 3 is 2.09 bits per heavy atom. The number of hydrogen-bond acceptors (Lipinski definition) is 2. The summed E-state index contributed by atoms with van der Waals surface area (Å²) in [5.74, 6) is 0. The van der Waals surface area contributed by atoms with Gasteiger partial charge in [-0.15, -0.1) is 10.0 Å². The Balaban J connectivity index is 2.86. The van der Waals surface area contributed by atoms with Crippen LogP contribution in [0.1, 0.15) is 54.2 Å². The third-order valence-electron chi connectivity index (χ3n) is 4.39. The highest BCUT2D eigenvalue weighted by molar-refractivity contribution is 6.15. The Morgan fingerprint density at radius 1 is 0.957 bits per heavy atom. The van der Waals surface area contributed by atoms with Gasteiger partial charge >= 0.3 is 0 Å². The van der Waals surface area contributed by atoms with Crippen LogP contribution in [0.25, 0.3) is 0 Å². The minimum Gasteiger partial charge on any atom is -0.123 e. The summed E-state index contributed by atoms with van der Waals surface area (Å²) in [6, 6.07) is 12.0. The van der Waals surface area contributed by atoms with Crippen LogP contribution in [0, 0.1) is 25.7 Å². The fraction of sp³-hybridized carbons (Fsp3) is 0.350. The van der Waals surface area contributed by atoms with Gasteiger partial charge in [0.25, 0.3) is 0 Å². The summed E-state index contributed by atoms with van der Waals surface area (Å²) >= 11 is 0. The first-order chi connectivity index (χ1) is 10.8. The van der Waals surface area contributed by atoms with Crippen molar-refractivity contribution in [3.63, 3.8) is 0 Å². The molecule has 2 aromatic carbocycles. The van der Waals surface area contributed by atoms with E-state index in [1.54, 1.807) is 0 Å². The van der Waals surface area contributed by atoms with Gasteiger partial charge in [0.2, 0.25) is 0 Å². The Labute approximate surface area is 138 Å². The standard InChI is InChI=1S/C20H24N2O/c1-13-12-17(20(4,5)6)18(15(3)14(13)2)19(21-22-23)16-10-8-7-9-11-16/h7-12H,1-6H3/b21-19+. The van der Waals surface area contributed by atoms with Crippen molar-refractivity contribution in [2.24, 2.45) is 10.4 Å². The van der Waals surface area contributed by atoms with Crippen LogP contribution in [0.2, 0.25) is 0 Å². The third-order valence-corrected chi connectivity index (χ3v) is 4.39. The van der Waals surface area contributed by atoms with Crippen LogP contribution in [0.3, 0.4) is 0 Å². The summed E-state index contributed by atoms with van der Waals surface area (Å²) in [6.07, 6.45) is 0. The number of hydrogen-bond donors (Lipinski definition) is 0. The van der Waals surface area contributed by atoms with Crippen LogP contribution in [0.15, 0.2) is 46.8 Å². The predicted octanol–water partition coefficient (Wildman–Crippen LogP) is 5.43. The number of nitroso groups, excluding NO2 is 1. The van der Waals surface area contributed by atoms with Crippen LogP contribution in [0.4, 0.5) is 0 Å². The van der Waals surface area contributed by atoms with Gasteiger partial charge in [0.05, 0.1) is 5.29 Å². The van der Waals surface area contributed by atoms with Crippen molar-refractivity contribution >= 4 is 5.71 Å². The van der Waals surface area contributed by atoms with E-state index in [1.165, 1.54) is 16.7 Å². The zero-order valence-electron chi connectivity index (χ0n) is 14.8. The van der Waals surface area contributed by atoms with Gasteiger partial charge in [0.1, 0.15) is 5.71 Å². The smallest absolute Gasteiger partial charge is 0.104 e. The monoisotopic (exact) mass is 308 g/mol. The minimum absolute atomic E-state index is 0.0585. The maximum absolute atomic E-state index is 10.9. The van der Waals surface area contributed by atoms with Crippen LogP contribution in [-0.4, -0.2) is 5.71 Å². The van der Waals surface area contributed by atoms with Crippen molar-refractivity contribution in [1.29, 1.82) is 0 Å². The van der Waals surface area contributed by atoms with Crippen molar-refractivity contribution in [2.75, 3.05) is 0 Å². The largest absolute Gasteiger partial charge is 0.123 e. The number of aryl methyl sites for hydroxylation is 1. The lowest BCUT2D eigenvalue weighted by molar-refractivity contribution is 0.587. The van der Waals surface area contributed by atoms with Gasteiger partial charge in [-0.3, -0.25) is 0 Å². The maximum Gasteiger partial charge on any atom is 0.104 e. The molecule has 0 amide bonds. The van der Waals surface area contributed by atoms with Crippen molar-refractivity contribution in [2.45, 2.75) is 47.0 Å². The van der Waals surface area contributed by atoms with Crippen molar-refractivity contribution in [1.82, 2.24) is 0 Å². The maximum atomic E-state index is 10.9. The molecule has 2 rings (SSSR count). The lowest BCUT2D eigenvalue weighted by atomic mass is 9.77. The molecule has 0 N–H and O–H groups in total. The van der Waals surface area contributed by atoms with Crippen LogP contribution >= 0.6 is 0 Å². The summed E-state index contributed by atoms with van der Waals surface area (Å²) in [7, 11) is 0. The molecule has 0 fully saturated rings. The molecule has 23 heavy (non-hydrogen) atoms. The van der Waals surface area contributed by atoms with Gasteiger partial charge in [-0.05, 0) is 48.4 Å². The molecule has 0 heterocycles. The molecule has 0 aromatic heterocycles. The Bertz CT molecular complexity index is 753. The molecule has 0 spiro atoms. The highest BCUT2D eigenvalue weighted by atomic mass is 16.3. The van der Waals surface area contributed by atoms with E-state index in [9.17, 15) is 4.91 Å². The average Bonchev–Trinajstić information content (AvgIpc) is 2.50. The zero-order valence-corrected chi connectivity index (χ0v) is 14.8. The Morgan fingerprint density at radius 2 is 1.57 bits per heavy atom. The molecule has 120 valence electrons. The van der Waals surface area contributed by atoms with E-state index in [0.29, 0.717) is 5.71 Å². The molecule has 0 radical (unpaired) electrons. The lowest BCUT2D eigenvalue weighted by Gasteiger charge is -2.27. The van der Waals surface area contributed by atoms with Crippen LogP contribution < -0.4 is 0 Å². The molecule has 0 saturated carbocycles. The van der Waals surface area contributed by atoms with E-state index >= 15 is 0 Å². The molecular formula is C20H24N2O. The average molecular weight is 308 g/mol.